The van der Waals surface area contributed by atoms with Gasteiger partial charge in [0, 0.05) is 13.0 Å². The molecule has 2 heterocycles. The van der Waals surface area contributed by atoms with Gasteiger partial charge >= 0.3 is 13.1 Å². The highest BCUT2D eigenvalue weighted by atomic mass is 127. The van der Waals surface area contributed by atoms with E-state index in [2.05, 4.69) is 22.6 Å². The number of carbonyl (C=O) groups excluding carboxylic acids is 2. The lowest BCUT2D eigenvalue weighted by Gasteiger charge is -2.42. The Morgan fingerprint density at radius 3 is 2.65 bits per heavy atom. The maximum atomic E-state index is 13.5. The van der Waals surface area contributed by atoms with Crippen LogP contribution in [0.2, 0.25) is 6.32 Å². The average Bonchev–Trinajstić information content (AvgIpc) is 3.13. The molecule has 0 radical (unpaired) electrons. The number of amides is 2. The van der Waals surface area contributed by atoms with Crippen molar-refractivity contribution in [2.45, 2.75) is 71.2 Å². The van der Waals surface area contributed by atoms with Crippen molar-refractivity contribution in [3.8, 4) is 11.5 Å². The third-order valence-corrected chi connectivity index (χ3v) is 9.12. The first-order valence-electron chi connectivity index (χ1n) is 13.9. The molecular formula is C29H37BINO8. The molecule has 0 unspecified atom stereocenters. The Labute approximate surface area is 248 Å². The minimum atomic E-state index is -1.01. The molecule has 4 atom stereocenters. The molecule has 0 spiro atoms. The molecule has 9 nitrogen and oxygen atoms in total. The van der Waals surface area contributed by atoms with Gasteiger partial charge in [-0.15, -0.1) is 0 Å². The van der Waals surface area contributed by atoms with Crippen LogP contribution in [0.3, 0.4) is 0 Å². The van der Waals surface area contributed by atoms with Crippen LogP contribution in [-0.4, -0.2) is 64.8 Å². The number of halogens is 1. The first kappa shape index (κ1) is 30.6. The molecule has 216 valence electrons. The summed E-state index contributed by atoms with van der Waals surface area (Å²) in [6.45, 7) is 4.33. The number of methoxy groups -OCH3 is 1. The highest BCUT2D eigenvalue weighted by Crippen LogP contribution is 2.50. The Balaban J connectivity index is 1.46. The molecule has 11 heteroatoms. The van der Waals surface area contributed by atoms with Gasteiger partial charge in [-0.3, -0.25) is 19.3 Å². The number of hydrogen-bond acceptors (Lipinski definition) is 7. The number of carboxylic acid groups (broad SMARTS) is 1. The maximum Gasteiger partial charge on any atom is 0.455 e. The first-order valence-corrected chi connectivity index (χ1v) is 14.9. The number of carbonyl (C=O) groups is 3. The van der Waals surface area contributed by atoms with Gasteiger partial charge in [-0.05, 0) is 104 Å². The molecule has 0 bridgehead atoms. The molecule has 3 aliphatic rings. The number of phenols is 1. The van der Waals surface area contributed by atoms with Crippen molar-refractivity contribution in [2.24, 2.45) is 17.8 Å². The van der Waals surface area contributed by atoms with Gasteiger partial charge in [0.2, 0.25) is 11.8 Å². The summed E-state index contributed by atoms with van der Waals surface area (Å²) in [4.78, 5) is 38.9. The Morgan fingerprint density at radius 2 is 1.95 bits per heavy atom. The predicted octanol–water partition coefficient (Wildman–Crippen LogP) is 4.65. The zero-order valence-corrected chi connectivity index (χ0v) is 25.3. The molecular weight excluding hydrogens is 628 g/mol. The minimum absolute atomic E-state index is 0.0814. The highest BCUT2D eigenvalue weighted by Gasteiger charge is 2.56. The number of allylic oxidation sites excluding steroid dienone is 2. The largest absolute Gasteiger partial charge is 0.504 e. The molecule has 3 N–H and O–H groups in total. The molecule has 1 aromatic rings. The fourth-order valence-corrected chi connectivity index (χ4v) is 7.10. The third-order valence-electron chi connectivity index (χ3n) is 8.30. The van der Waals surface area contributed by atoms with E-state index >= 15 is 0 Å². The number of aliphatic carboxylic acids is 1. The summed E-state index contributed by atoms with van der Waals surface area (Å²) in [5, 5.41) is 29.6. The molecule has 2 amide bonds. The van der Waals surface area contributed by atoms with Gasteiger partial charge in [0.15, 0.2) is 11.5 Å². The van der Waals surface area contributed by atoms with Gasteiger partial charge in [-0.2, -0.15) is 0 Å². The molecule has 2 aliphatic heterocycles. The van der Waals surface area contributed by atoms with Crippen molar-refractivity contribution >= 4 is 53.6 Å². The predicted molar refractivity (Wildman–Crippen MR) is 159 cm³/mol. The number of carboxylic acids is 1. The molecule has 2 saturated heterocycles. The van der Waals surface area contributed by atoms with E-state index < -0.39 is 24.9 Å². The number of hydrogen-bond donors (Lipinski definition) is 3. The lowest BCUT2D eigenvalue weighted by molar-refractivity contribution is -0.141. The number of rotatable bonds is 11. The topological polar surface area (TPSA) is 134 Å². The van der Waals surface area contributed by atoms with Gasteiger partial charge in [-0.25, -0.2) is 0 Å². The summed E-state index contributed by atoms with van der Waals surface area (Å²) in [5.41, 5.74) is 4.11. The number of imide groups is 1. The summed E-state index contributed by atoms with van der Waals surface area (Å²) in [6.07, 6.45) is 5.63. The second kappa shape index (κ2) is 13.1. The van der Waals surface area contributed by atoms with Gasteiger partial charge in [0.25, 0.3) is 0 Å². The van der Waals surface area contributed by atoms with Crippen molar-refractivity contribution in [1.29, 1.82) is 0 Å². The number of ether oxygens (including phenoxy) is 1. The van der Waals surface area contributed by atoms with Crippen LogP contribution in [0.25, 0.3) is 6.08 Å². The fourth-order valence-electron chi connectivity index (χ4n) is 6.48. The maximum absolute atomic E-state index is 13.5. The van der Waals surface area contributed by atoms with E-state index in [0.717, 1.165) is 22.3 Å². The Kier molecular flexibility index (Phi) is 10.00. The molecule has 1 aliphatic carbocycles. The van der Waals surface area contributed by atoms with Crippen molar-refractivity contribution in [3.05, 3.63) is 38.0 Å². The van der Waals surface area contributed by atoms with Gasteiger partial charge in [-0.1, -0.05) is 23.6 Å². The van der Waals surface area contributed by atoms with Crippen LogP contribution in [0, 0.1) is 21.3 Å². The smallest absolute Gasteiger partial charge is 0.455 e. The molecule has 40 heavy (non-hydrogen) atoms. The molecule has 2 fully saturated rings. The SMILES string of the molecule is COc1cc(/C=C(\C)CC[C@H]2OB(O)C[C@H]3C2=C(C)C[C@H]2C(=O)N(CCCCCC(=O)O)C(=O)[C@H]23)cc(I)c1O. The molecule has 4 rings (SSSR count). The van der Waals surface area contributed by atoms with E-state index in [0.29, 0.717) is 54.4 Å². The number of nitrogens with zero attached hydrogens (tertiary/aromatic N) is 1. The summed E-state index contributed by atoms with van der Waals surface area (Å²) < 4.78 is 12.0. The first-order chi connectivity index (χ1) is 19.0. The lowest BCUT2D eigenvalue weighted by atomic mass is 9.59. The second-order valence-electron chi connectivity index (χ2n) is 11.1. The quantitative estimate of drug-likeness (QED) is 0.102. The molecule has 0 aromatic heterocycles. The van der Waals surface area contributed by atoms with Crippen LogP contribution in [0.5, 0.6) is 11.5 Å². The number of phenolic OH excluding ortho intramolecular Hbond substituents is 1. The van der Waals surface area contributed by atoms with E-state index in [1.54, 1.807) is 6.07 Å². The Bertz CT molecular complexity index is 1230. The standard InChI is InChI=1S/C29H37BINO8/c1-16(11-18-13-21(31)27(35)23(14-18)39-3)8-9-22-25-17(2)12-19-26(20(25)15-30(38)40-22)29(37)32(28(19)36)10-6-4-5-7-24(33)34/h11,13-14,19-20,22,26,35,38H,4-10,12,15H2,1-3H3,(H,33,34)/b16-11+/t19-,20+,22-,26-/m1/s1. The van der Waals surface area contributed by atoms with E-state index in [1.165, 1.54) is 12.0 Å². The van der Waals surface area contributed by atoms with Gasteiger partial charge in [0.05, 0.1) is 28.6 Å². The minimum Gasteiger partial charge on any atom is -0.504 e. The van der Waals surface area contributed by atoms with Crippen molar-refractivity contribution in [2.75, 3.05) is 13.7 Å². The van der Waals surface area contributed by atoms with Crippen molar-refractivity contribution in [1.82, 2.24) is 4.90 Å². The summed E-state index contributed by atoms with van der Waals surface area (Å²) >= 11 is 2.07. The van der Waals surface area contributed by atoms with Crippen molar-refractivity contribution in [3.63, 3.8) is 0 Å². The number of unbranched alkanes of at least 4 members (excludes halogenated alkanes) is 2. The van der Waals surface area contributed by atoms with Crippen LogP contribution in [-0.2, 0) is 19.0 Å². The van der Waals surface area contributed by atoms with Crippen LogP contribution >= 0.6 is 22.6 Å². The van der Waals surface area contributed by atoms with Gasteiger partial charge in [0.1, 0.15) is 0 Å². The van der Waals surface area contributed by atoms with Crippen molar-refractivity contribution < 1.29 is 39.0 Å². The van der Waals surface area contributed by atoms with Crippen LogP contribution in [0.4, 0.5) is 0 Å². The van der Waals surface area contributed by atoms with Crippen LogP contribution < -0.4 is 4.74 Å². The number of benzene rings is 1. The Hall–Kier alpha value is -2.38. The second-order valence-corrected chi connectivity index (χ2v) is 12.3. The fraction of sp³-hybridized carbons (Fsp3) is 0.552. The van der Waals surface area contributed by atoms with E-state index in [1.807, 2.05) is 26.0 Å². The van der Waals surface area contributed by atoms with Gasteiger partial charge < -0.3 is 24.6 Å². The van der Waals surface area contributed by atoms with Crippen LogP contribution in [0.1, 0.15) is 64.4 Å². The highest BCUT2D eigenvalue weighted by molar-refractivity contribution is 14.1. The van der Waals surface area contributed by atoms with E-state index in [4.69, 9.17) is 14.5 Å². The van der Waals surface area contributed by atoms with E-state index in [-0.39, 0.29) is 42.3 Å². The average molecular weight is 665 g/mol. The summed E-state index contributed by atoms with van der Waals surface area (Å²) in [6, 6.07) is 3.67. The lowest BCUT2D eigenvalue weighted by Crippen LogP contribution is -2.46. The molecule has 0 saturated carbocycles. The Morgan fingerprint density at radius 1 is 1.20 bits per heavy atom. The summed E-state index contributed by atoms with van der Waals surface area (Å²) in [5.74, 6) is -1.80. The normalized spacial score (nSPS) is 24.9. The summed E-state index contributed by atoms with van der Waals surface area (Å²) in [7, 11) is 0.508. The zero-order valence-electron chi connectivity index (χ0n) is 23.2. The monoisotopic (exact) mass is 665 g/mol. The van der Waals surface area contributed by atoms with E-state index in [9.17, 15) is 24.5 Å². The van der Waals surface area contributed by atoms with Crippen LogP contribution in [0.15, 0.2) is 28.9 Å². The molecule has 1 aromatic carbocycles. The number of aromatic hydroxyl groups is 1. The third kappa shape index (κ3) is 6.57. The number of likely N-dealkylation sites (tertiary alicyclic amines) is 1. The zero-order chi connectivity index (χ0) is 29.1. The number of fused-ring (bicyclic) bond motifs is 3.